The van der Waals surface area contributed by atoms with Gasteiger partial charge in [0.2, 0.25) is 5.78 Å². The van der Waals surface area contributed by atoms with E-state index in [2.05, 4.69) is 15.0 Å². The van der Waals surface area contributed by atoms with Gasteiger partial charge in [-0.05, 0) is 6.07 Å². The van der Waals surface area contributed by atoms with Crippen LogP contribution in [0.4, 0.5) is 0 Å². The van der Waals surface area contributed by atoms with Gasteiger partial charge in [0.05, 0.1) is 6.42 Å². The zero-order chi connectivity index (χ0) is 10.7. The largest absolute Gasteiger partial charge is 0.338 e. The number of Topliss-reactive ketones (excluding diaryl/α,β-unsaturated/α-hetero) is 1. The maximum atomic E-state index is 11.7. The van der Waals surface area contributed by atoms with Crippen molar-refractivity contribution < 1.29 is 4.79 Å². The van der Waals surface area contributed by atoms with Crippen molar-refractivity contribution in [2.75, 3.05) is 0 Å². The number of carbonyl (C=O) groups excluding carboxylic acids is 1. The second kappa shape index (κ2) is 4.00. The van der Waals surface area contributed by atoms with Crippen molar-refractivity contribution in [3.8, 4) is 0 Å². The van der Waals surface area contributed by atoms with E-state index in [-0.39, 0.29) is 18.0 Å². The Bertz CT molecular complexity index is 463. The van der Waals surface area contributed by atoms with Crippen LogP contribution < -0.4 is 0 Å². The van der Waals surface area contributed by atoms with Crippen molar-refractivity contribution in [1.29, 1.82) is 0 Å². The average Bonchev–Trinajstić information content (AvgIpc) is 2.66. The molecule has 0 saturated heterocycles. The molecule has 0 amide bonds. The van der Waals surface area contributed by atoms with Gasteiger partial charge in [-0.1, -0.05) is 0 Å². The summed E-state index contributed by atoms with van der Waals surface area (Å²) in [5.74, 6) is 0.831. The Morgan fingerprint density at radius 1 is 1.27 bits per heavy atom. The monoisotopic (exact) mass is 202 g/mol. The molecule has 15 heavy (non-hydrogen) atoms. The molecule has 0 spiro atoms. The number of rotatable bonds is 3. The highest BCUT2D eigenvalue weighted by molar-refractivity contribution is 5.93. The normalized spacial score (nSPS) is 10.2. The van der Waals surface area contributed by atoms with Crippen molar-refractivity contribution in [3.05, 3.63) is 42.5 Å². The van der Waals surface area contributed by atoms with Gasteiger partial charge in [-0.3, -0.25) is 4.79 Å². The van der Waals surface area contributed by atoms with Crippen LogP contribution in [0.3, 0.4) is 0 Å². The van der Waals surface area contributed by atoms with E-state index in [0.29, 0.717) is 5.82 Å². The summed E-state index contributed by atoms with van der Waals surface area (Å²) in [6.07, 6.45) is 6.80. The lowest BCUT2D eigenvalue weighted by atomic mass is 10.2. The smallest absolute Gasteiger partial charge is 0.207 e. The van der Waals surface area contributed by atoms with Crippen LogP contribution in [0.25, 0.3) is 0 Å². The van der Waals surface area contributed by atoms with Gasteiger partial charge in [0.25, 0.3) is 0 Å². The maximum Gasteiger partial charge on any atom is 0.207 e. The van der Waals surface area contributed by atoms with Gasteiger partial charge < -0.3 is 4.57 Å². The highest BCUT2D eigenvalue weighted by atomic mass is 16.1. The summed E-state index contributed by atoms with van der Waals surface area (Å²) >= 11 is 0. The molecule has 0 N–H and O–H groups in total. The van der Waals surface area contributed by atoms with Gasteiger partial charge in [-0.25, -0.2) is 15.0 Å². The minimum absolute atomic E-state index is 0.120. The fraction of sp³-hybridized carbons (Fsp3) is 0.200. The summed E-state index contributed by atoms with van der Waals surface area (Å²) in [4.78, 5) is 23.5. The highest BCUT2D eigenvalue weighted by Crippen LogP contribution is 2.00. The Hall–Kier alpha value is -2.04. The van der Waals surface area contributed by atoms with Crippen LogP contribution >= 0.6 is 0 Å². The SMILES string of the molecule is Cn1ccnc1CC(=O)c1ncccn1. The molecule has 2 aromatic rings. The highest BCUT2D eigenvalue weighted by Gasteiger charge is 2.11. The molecule has 0 aliphatic heterocycles. The van der Waals surface area contributed by atoms with Crippen molar-refractivity contribution in [2.24, 2.45) is 7.05 Å². The second-order valence-corrected chi connectivity index (χ2v) is 3.13. The van der Waals surface area contributed by atoms with E-state index in [1.807, 2.05) is 7.05 Å². The number of hydrogen-bond donors (Lipinski definition) is 0. The van der Waals surface area contributed by atoms with Gasteiger partial charge in [0.15, 0.2) is 5.82 Å². The average molecular weight is 202 g/mol. The van der Waals surface area contributed by atoms with Crippen molar-refractivity contribution >= 4 is 5.78 Å². The van der Waals surface area contributed by atoms with E-state index in [9.17, 15) is 4.79 Å². The van der Waals surface area contributed by atoms with Gasteiger partial charge in [-0.2, -0.15) is 0 Å². The number of ketones is 1. The summed E-state index contributed by atoms with van der Waals surface area (Å²) in [6.45, 7) is 0. The number of carbonyl (C=O) groups is 1. The van der Waals surface area contributed by atoms with Gasteiger partial charge in [0.1, 0.15) is 5.82 Å². The van der Waals surface area contributed by atoms with Crippen LogP contribution in [0.5, 0.6) is 0 Å². The van der Waals surface area contributed by atoms with Gasteiger partial charge in [0, 0.05) is 31.8 Å². The minimum atomic E-state index is -0.120. The number of aryl methyl sites for hydroxylation is 1. The van der Waals surface area contributed by atoms with Crippen molar-refractivity contribution in [3.63, 3.8) is 0 Å². The Labute approximate surface area is 86.8 Å². The van der Waals surface area contributed by atoms with E-state index in [4.69, 9.17) is 0 Å². The van der Waals surface area contributed by atoms with Crippen LogP contribution in [-0.4, -0.2) is 25.3 Å². The molecule has 0 radical (unpaired) electrons. The van der Waals surface area contributed by atoms with Crippen LogP contribution in [0.2, 0.25) is 0 Å². The van der Waals surface area contributed by atoms with Crippen molar-refractivity contribution in [2.45, 2.75) is 6.42 Å². The fourth-order valence-electron chi connectivity index (χ4n) is 1.23. The molecule has 5 nitrogen and oxygen atoms in total. The fourth-order valence-corrected chi connectivity index (χ4v) is 1.23. The first-order valence-electron chi connectivity index (χ1n) is 4.54. The Balaban J connectivity index is 2.15. The third-order valence-electron chi connectivity index (χ3n) is 2.05. The predicted molar refractivity (Wildman–Crippen MR) is 53.3 cm³/mol. The summed E-state index contributed by atoms with van der Waals surface area (Å²) in [7, 11) is 1.85. The minimum Gasteiger partial charge on any atom is -0.338 e. The molecule has 0 aromatic carbocycles. The number of nitrogens with zero attached hydrogens (tertiary/aromatic N) is 4. The van der Waals surface area contributed by atoms with Crippen molar-refractivity contribution in [1.82, 2.24) is 19.5 Å². The third-order valence-corrected chi connectivity index (χ3v) is 2.05. The van der Waals surface area contributed by atoms with Gasteiger partial charge >= 0.3 is 0 Å². The molecule has 2 heterocycles. The van der Waals surface area contributed by atoms with E-state index < -0.39 is 0 Å². The molecule has 0 fully saturated rings. The predicted octanol–water partition coefficient (Wildman–Crippen LogP) is 0.635. The second-order valence-electron chi connectivity index (χ2n) is 3.13. The Morgan fingerprint density at radius 3 is 2.60 bits per heavy atom. The van der Waals surface area contributed by atoms with E-state index in [0.717, 1.165) is 0 Å². The first-order chi connectivity index (χ1) is 7.27. The third kappa shape index (κ3) is 2.07. The summed E-state index contributed by atoms with van der Waals surface area (Å²) in [6, 6.07) is 1.68. The molecule has 5 heteroatoms. The quantitative estimate of drug-likeness (QED) is 0.685. The summed E-state index contributed by atoms with van der Waals surface area (Å²) < 4.78 is 1.81. The lowest BCUT2D eigenvalue weighted by Gasteiger charge is -1.99. The maximum absolute atomic E-state index is 11.7. The van der Waals surface area contributed by atoms with Crippen LogP contribution in [0, 0.1) is 0 Å². The molecule has 0 bridgehead atoms. The van der Waals surface area contributed by atoms with Crippen LogP contribution in [-0.2, 0) is 13.5 Å². The topological polar surface area (TPSA) is 60.7 Å². The number of aromatic nitrogens is 4. The molecule has 0 saturated carbocycles. The molecule has 2 aromatic heterocycles. The number of hydrogen-bond acceptors (Lipinski definition) is 4. The first-order valence-corrected chi connectivity index (χ1v) is 4.54. The molecule has 0 atom stereocenters. The van der Waals surface area contributed by atoms with E-state index >= 15 is 0 Å². The zero-order valence-electron chi connectivity index (χ0n) is 8.29. The molecule has 0 unspecified atom stereocenters. The van der Waals surface area contributed by atoms with Gasteiger partial charge in [-0.15, -0.1) is 0 Å². The first kappa shape index (κ1) is 9.51. The number of imidazole rings is 1. The molecule has 0 aliphatic carbocycles. The lowest BCUT2D eigenvalue weighted by molar-refractivity contribution is 0.0980. The molecule has 2 rings (SSSR count). The molecular formula is C10H10N4O. The standard InChI is InChI=1S/C10H10N4O/c1-14-6-5-11-9(14)7-8(15)10-12-3-2-4-13-10/h2-6H,7H2,1H3. The van der Waals surface area contributed by atoms with E-state index in [1.54, 1.807) is 35.4 Å². The molecule has 76 valence electrons. The Kier molecular flexibility index (Phi) is 2.53. The lowest BCUT2D eigenvalue weighted by Crippen LogP contribution is -2.11. The Morgan fingerprint density at radius 2 is 2.00 bits per heavy atom. The summed E-state index contributed by atoms with van der Waals surface area (Å²) in [5, 5.41) is 0. The van der Waals surface area contributed by atoms with Crippen LogP contribution in [0.1, 0.15) is 16.4 Å². The van der Waals surface area contributed by atoms with E-state index in [1.165, 1.54) is 0 Å². The zero-order valence-corrected chi connectivity index (χ0v) is 8.29. The summed E-state index contributed by atoms with van der Waals surface area (Å²) in [5.41, 5.74) is 0. The van der Waals surface area contributed by atoms with Crippen LogP contribution in [0.15, 0.2) is 30.9 Å². The molecular weight excluding hydrogens is 192 g/mol. The molecule has 0 aliphatic rings.